The number of hydrogen-bond acceptors (Lipinski definition) is 3. The summed E-state index contributed by atoms with van der Waals surface area (Å²) >= 11 is 9.33. The summed E-state index contributed by atoms with van der Waals surface area (Å²) in [5.41, 5.74) is 1.95. The second kappa shape index (κ2) is 5.47. The lowest BCUT2D eigenvalue weighted by Gasteiger charge is -2.08. The lowest BCUT2D eigenvalue weighted by Crippen LogP contribution is -2.03. The first-order valence-electron chi connectivity index (χ1n) is 5.12. The number of nitrogens with zero attached hydrogens (tertiary/aromatic N) is 2. The minimum absolute atomic E-state index is 0.656. The molecule has 0 aliphatic heterocycles. The smallest absolute Gasteiger partial charge is 0.125 e. The fourth-order valence-electron chi connectivity index (χ4n) is 1.42. The molecule has 2 rings (SSSR count). The average Bonchev–Trinajstić information content (AvgIpc) is 2.28. The maximum absolute atomic E-state index is 5.88. The number of nitrogens with one attached hydrogen (secondary N) is 1. The van der Waals surface area contributed by atoms with Gasteiger partial charge in [0.05, 0.1) is 12.2 Å². The van der Waals surface area contributed by atoms with Crippen LogP contribution < -0.4 is 5.32 Å². The van der Waals surface area contributed by atoms with E-state index < -0.39 is 0 Å². The zero-order valence-electron chi connectivity index (χ0n) is 9.24. The number of anilines is 1. The summed E-state index contributed by atoms with van der Waals surface area (Å²) in [5.74, 6) is 0.777. The van der Waals surface area contributed by atoms with Crippen molar-refractivity contribution in [2.75, 3.05) is 5.32 Å². The van der Waals surface area contributed by atoms with Gasteiger partial charge < -0.3 is 5.32 Å². The number of aryl methyl sites for hydroxylation is 1. The fraction of sp³-hybridized carbons (Fsp3) is 0.167. The molecule has 0 spiro atoms. The maximum atomic E-state index is 5.88. The molecule has 0 radical (unpaired) electrons. The van der Waals surface area contributed by atoms with Crippen molar-refractivity contribution in [3.05, 3.63) is 51.5 Å². The first-order chi connectivity index (χ1) is 8.15. The summed E-state index contributed by atoms with van der Waals surface area (Å²) in [4.78, 5) is 8.38. The lowest BCUT2D eigenvalue weighted by molar-refractivity contribution is 0.955. The number of benzene rings is 1. The van der Waals surface area contributed by atoms with Gasteiger partial charge in [-0.1, -0.05) is 11.6 Å². The van der Waals surface area contributed by atoms with E-state index in [1.54, 1.807) is 6.20 Å². The van der Waals surface area contributed by atoms with Crippen LogP contribution in [0, 0.1) is 6.92 Å². The minimum atomic E-state index is 0.656. The van der Waals surface area contributed by atoms with E-state index in [1.165, 1.54) is 0 Å². The van der Waals surface area contributed by atoms with E-state index in [2.05, 4.69) is 31.2 Å². The van der Waals surface area contributed by atoms with Crippen LogP contribution in [-0.2, 0) is 6.54 Å². The van der Waals surface area contributed by atoms with Crippen molar-refractivity contribution in [1.82, 2.24) is 9.97 Å². The van der Waals surface area contributed by atoms with Crippen LogP contribution >= 0.6 is 27.5 Å². The third kappa shape index (κ3) is 3.41. The van der Waals surface area contributed by atoms with Crippen LogP contribution in [0.3, 0.4) is 0 Å². The first-order valence-corrected chi connectivity index (χ1v) is 6.30. The van der Waals surface area contributed by atoms with Crippen molar-refractivity contribution in [3.8, 4) is 0 Å². The van der Waals surface area contributed by atoms with Gasteiger partial charge in [0.25, 0.3) is 0 Å². The molecule has 0 saturated heterocycles. The molecular formula is C12H11BrClN3. The summed E-state index contributed by atoms with van der Waals surface area (Å²) in [7, 11) is 0. The Balaban J connectivity index is 2.07. The van der Waals surface area contributed by atoms with Gasteiger partial charge in [0, 0.05) is 21.4 Å². The van der Waals surface area contributed by atoms with Crippen molar-refractivity contribution in [2.45, 2.75) is 13.5 Å². The minimum Gasteiger partial charge on any atom is -0.378 e. The Morgan fingerprint density at radius 2 is 2.18 bits per heavy atom. The average molecular weight is 313 g/mol. The van der Waals surface area contributed by atoms with E-state index in [0.29, 0.717) is 11.6 Å². The Hall–Kier alpha value is -1.13. The number of halogens is 2. The molecule has 2 aromatic rings. The molecule has 0 atom stereocenters. The predicted molar refractivity (Wildman–Crippen MR) is 73.2 cm³/mol. The molecule has 5 heteroatoms. The molecule has 1 heterocycles. The third-order valence-corrected chi connectivity index (χ3v) is 3.12. The molecule has 1 aromatic carbocycles. The lowest BCUT2D eigenvalue weighted by atomic mass is 10.3. The van der Waals surface area contributed by atoms with Crippen molar-refractivity contribution < 1.29 is 0 Å². The molecule has 17 heavy (non-hydrogen) atoms. The van der Waals surface area contributed by atoms with E-state index in [4.69, 9.17) is 11.6 Å². The van der Waals surface area contributed by atoms with Crippen LogP contribution in [0.2, 0.25) is 5.02 Å². The molecule has 0 bridgehead atoms. The van der Waals surface area contributed by atoms with Gasteiger partial charge >= 0.3 is 0 Å². The normalized spacial score (nSPS) is 10.3. The SMILES string of the molecule is Cc1nccc(CNc2ccc(Cl)cc2Br)n1. The van der Waals surface area contributed by atoms with Gasteiger partial charge in [-0.15, -0.1) is 0 Å². The third-order valence-electron chi connectivity index (χ3n) is 2.22. The summed E-state index contributed by atoms with van der Waals surface area (Å²) < 4.78 is 0.941. The van der Waals surface area contributed by atoms with Crippen LogP contribution in [0.5, 0.6) is 0 Å². The highest BCUT2D eigenvalue weighted by Gasteiger charge is 2.01. The molecule has 0 unspecified atom stereocenters. The Morgan fingerprint density at radius 3 is 2.88 bits per heavy atom. The number of rotatable bonds is 3. The second-order valence-electron chi connectivity index (χ2n) is 3.57. The highest BCUT2D eigenvalue weighted by atomic mass is 79.9. The summed E-state index contributed by atoms with van der Waals surface area (Å²) in [6, 6.07) is 7.53. The fourth-order valence-corrected chi connectivity index (χ4v) is 2.25. The molecule has 88 valence electrons. The van der Waals surface area contributed by atoms with Crippen molar-refractivity contribution in [2.24, 2.45) is 0 Å². The molecule has 3 nitrogen and oxygen atoms in total. The van der Waals surface area contributed by atoms with E-state index >= 15 is 0 Å². The van der Waals surface area contributed by atoms with Crippen LogP contribution in [0.15, 0.2) is 34.9 Å². The Kier molecular flexibility index (Phi) is 3.97. The van der Waals surface area contributed by atoms with Gasteiger partial charge in [-0.3, -0.25) is 0 Å². The van der Waals surface area contributed by atoms with E-state index in [9.17, 15) is 0 Å². The van der Waals surface area contributed by atoms with Crippen molar-refractivity contribution in [1.29, 1.82) is 0 Å². The zero-order chi connectivity index (χ0) is 12.3. The molecular weight excluding hydrogens is 302 g/mol. The molecule has 0 amide bonds. The van der Waals surface area contributed by atoms with Crippen molar-refractivity contribution in [3.63, 3.8) is 0 Å². The highest BCUT2D eigenvalue weighted by Crippen LogP contribution is 2.26. The Bertz CT molecular complexity index is 531. The highest BCUT2D eigenvalue weighted by molar-refractivity contribution is 9.10. The van der Waals surface area contributed by atoms with Crippen LogP contribution in [0.1, 0.15) is 11.5 Å². The largest absolute Gasteiger partial charge is 0.378 e. The molecule has 0 saturated carbocycles. The number of aromatic nitrogens is 2. The zero-order valence-corrected chi connectivity index (χ0v) is 11.6. The van der Waals surface area contributed by atoms with E-state index in [-0.39, 0.29) is 0 Å². The van der Waals surface area contributed by atoms with Gasteiger partial charge in [-0.25, -0.2) is 9.97 Å². The standard InChI is InChI=1S/C12H11BrClN3/c1-8-15-5-4-10(17-8)7-16-12-3-2-9(14)6-11(12)13/h2-6,16H,7H2,1H3. The van der Waals surface area contributed by atoms with Gasteiger partial charge in [0.15, 0.2) is 0 Å². The summed E-state index contributed by atoms with van der Waals surface area (Å²) in [5, 5.41) is 4.00. The molecule has 0 fully saturated rings. The molecule has 1 aromatic heterocycles. The Labute approximate surface area is 113 Å². The van der Waals surface area contributed by atoms with Gasteiger partial charge in [0.2, 0.25) is 0 Å². The van der Waals surface area contributed by atoms with Crippen LogP contribution in [0.25, 0.3) is 0 Å². The molecule has 0 aliphatic rings. The van der Waals surface area contributed by atoms with Crippen LogP contribution in [0.4, 0.5) is 5.69 Å². The monoisotopic (exact) mass is 311 g/mol. The summed E-state index contributed by atoms with van der Waals surface area (Å²) in [6.45, 7) is 2.53. The molecule has 0 aliphatic carbocycles. The van der Waals surface area contributed by atoms with Gasteiger partial charge in [-0.2, -0.15) is 0 Å². The quantitative estimate of drug-likeness (QED) is 0.936. The topological polar surface area (TPSA) is 37.8 Å². The molecule has 1 N–H and O–H groups in total. The number of hydrogen-bond donors (Lipinski definition) is 1. The van der Waals surface area contributed by atoms with E-state index in [0.717, 1.165) is 21.7 Å². The first kappa shape index (κ1) is 12.3. The Morgan fingerprint density at radius 1 is 1.35 bits per heavy atom. The summed E-state index contributed by atoms with van der Waals surface area (Å²) in [6.07, 6.45) is 1.76. The van der Waals surface area contributed by atoms with Crippen molar-refractivity contribution >= 4 is 33.2 Å². The van der Waals surface area contributed by atoms with Gasteiger partial charge in [-0.05, 0) is 47.1 Å². The maximum Gasteiger partial charge on any atom is 0.125 e. The van der Waals surface area contributed by atoms with Crippen LogP contribution in [-0.4, -0.2) is 9.97 Å². The predicted octanol–water partition coefficient (Wildman–Crippen LogP) is 3.81. The van der Waals surface area contributed by atoms with Gasteiger partial charge in [0.1, 0.15) is 5.82 Å². The van der Waals surface area contributed by atoms with E-state index in [1.807, 2.05) is 31.2 Å². The second-order valence-corrected chi connectivity index (χ2v) is 4.86.